The SMILES string of the molecule is CCN(CCNC(=O)COc1ccccc1C#N)c1cccc(C)c1. The zero-order chi connectivity index (χ0) is 18.1. The largest absolute Gasteiger partial charge is 0.482 e. The van der Waals surface area contributed by atoms with E-state index >= 15 is 0 Å². The van der Waals surface area contributed by atoms with Crippen LogP contribution in [-0.4, -0.2) is 32.1 Å². The number of nitriles is 1. The van der Waals surface area contributed by atoms with Crippen LogP contribution in [0.2, 0.25) is 0 Å². The van der Waals surface area contributed by atoms with E-state index in [4.69, 9.17) is 10.00 Å². The maximum atomic E-state index is 11.9. The zero-order valence-corrected chi connectivity index (χ0v) is 14.7. The van der Waals surface area contributed by atoms with Crippen molar-refractivity contribution in [3.63, 3.8) is 0 Å². The lowest BCUT2D eigenvalue weighted by Gasteiger charge is -2.23. The smallest absolute Gasteiger partial charge is 0.258 e. The summed E-state index contributed by atoms with van der Waals surface area (Å²) in [4.78, 5) is 14.1. The van der Waals surface area contributed by atoms with Crippen LogP contribution in [0.15, 0.2) is 48.5 Å². The van der Waals surface area contributed by atoms with Crippen LogP contribution in [0.1, 0.15) is 18.1 Å². The molecule has 2 aromatic rings. The molecule has 0 aliphatic heterocycles. The molecule has 0 spiro atoms. The summed E-state index contributed by atoms with van der Waals surface area (Å²) in [6, 6.07) is 17.2. The summed E-state index contributed by atoms with van der Waals surface area (Å²) < 4.78 is 5.43. The van der Waals surface area contributed by atoms with Crippen molar-refractivity contribution in [3.05, 3.63) is 59.7 Å². The van der Waals surface area contributed by atoms with Crippen LogP contribution >= 0.6 is 0 Å². The molecule has 0 radical (unpaired) electrons. The minimum Gasteiger partial charge on any atom is -0.482 e. The molecule has 1 N–H and O–H groups in total. The van der Waals surface area contributed by atoms with E-state index in [0.29, 0.717) is 17.9 Å². The molecule has 25 heavy (non-hydrogen) atoms. The van der Waals surface area contributed by atoms with Crippen LogP contribution in [0.4, 0.5) is 5.69 Å². The van der Waals surface area contributed by atoms with E-state index < -0.39 is 0 Å². The van der Waals surface area contributed by atoms with Crippen LogP contribution in [0.5, 0.6) is 5.75 Å². The number of nitrogens with zero attached hydrogens (tertiary/aromatic N) is 2. The van der Waals surface area contributed by atoms with Crippen molar-refractivity contribution in [2.75, 3.05) is 31.1 Å². The number of hydrogen-bond donors (Lipinski definition) is 1. The van der Waals surface area contributed by atoms with E-state index in [0.717, 1.165) is 18.8 Å². The number of carbonyl (C=O) groups is 1. The Morgan fingerprint density at radius 2 is 2.04 bits per heavy atom. The van der Waals surface area contributed by atoms with Crippen molar-refractivity contribution in [2.24, 2.45) is 0 Å². The molecule has 1 amide bonds. The Bertz CT molecular complexity index is 753. The van der Waals surface area contributed by atoms with Gasteiger partial charge in [-0.2, -0.15) is 5.26 Å². The second-order valence-electron chi connectivity index (χ2n) is 5.67. The Hall–Kier alpha value is -3.00. The summed E-state index contributed by atoms with van der Waals surface area (Å²) in [6.07, 6.45) is 0. The maximum Gasteiger partial charge on any atom is 0.258 e. The number of para-hydroxylation sites is 1. The van der Waals surface area contributed by atoms with Crippen LogP contribution in [0, 0.1) is 18.3 Å². The number of aryl methyl sites for hydroxylation is 1. The first-order chi connectivity index (χ1) is 12.1. The Morgan fingerprint density at radius 3 is 2.76 bits per heavy atom. The average Bonchev–Trinajstić information content (AvgIpc) is 2.63. The van der Waals surface area contributed by atoms with Gasteiger partial charge in [0.25, 0.3) is 5.91 Å². The Balaban J connectivity index is 1.79. The van der Waals surface area contributed by atoms with Crippen molar-refractivity contribution in [1.82, 2.24) is 5.32 Å². The molecule has 130 valence electrons. The Morgan fingerprint density at radius 1 is 1.24 bits per heavy atom. The summed E-state index contributed by atoms with van der Waals surface area (Å²) in [5, 5.41) is 11.9. The molecular formula is C20H23N3O2. The molecule has 2 aromatic carbocycles. The second kappa shape index (κ2) is 9.33. The topological polar surface area (TPSA) is 65.4 Å². The lowest BCUT2D eigenvalue weighted by Crippen LogP contribution is -2.37. The van der Waals surface area contributed by atoms with Gasteiger partial charge in [-0.05, 0) is 43.7 Å². The van der Waals surface area contributed by atoms with Crippen molar-refractivity contribution < 1.29 is 9.53 Å². The zero-order valence-electron chi connectivity index (χ0n) is 14.7. The molecule has 5 nitrogen and oxygen atoms in total. The minimum atomic E-state index is -0.201. The number of ether oxygens (including phenoxy) is 1. The molecule has 2 rings (SSSR count). The summed E-state index contributed by atoms with van der Waals surface area (Å²) in [7, 11) is 0. The van der Waals surface area contributed by atoms with Crippen LogP contribution in [-0.2, 0) is 4.79 Å². The maximum absolute atomic E-state index is 11.9. The van der Waals surface area contributed by atoms with Gasteiger partial charge in [0.2, 0.25) is 0 Å². The number of anilines is 1. The number of rotatable bonds is 8. The van der Waals surface area contributed by atoms with Gasteiger partial charge in [-0.1, -0.05) is 24.3 Å². The standard InChI is InChI=1S/C20H23N3O2/c1-3-23(18-9-6-7-16(2)13-18)12-11-22-20(24)15-25-19-10-5-4-8-17(19)14-21/h4-10,13H,3,11-12,15H2,1-2H3,(H,22,24). The lowest BCUT2D eigenvalue weighted by molar-refractivity contribution is -0.123. The van der Waals surface area contributed by atoms with Gasteiger partial charge in [-0.3, -0.25) is 4.79 Å². The van der Waals surface area contributed by atoms with Gasteiger partial charge in [-0.15, -0.1) is 0 Å². The predicted molar refractivity (Wildman–Crippen MR) is 98.7 cm³/mol. The van der Waals surface area contributed by atoms with Gasteiger partial charge in [0.05, 0.1) is 5.56 Å². The quantitative estimate of drug-likeness (QED) is 0.804. The normalized spacial score (nSPS) is 9.96. The molecule has 0 fully saturated rings. The summed E-state index contributed by atoms with van der Waals surface area (Å²) in [5.41, 5.74) is 2.78. The predicted octanol–water partition coefficient (Wildman–Crippen LogP) is 2.89. The average molecular weight is 337 g/mol. The Kier molecular flexibility index (Phi) is 6.85. The van der Waals surface area contributed by atoms with Crippen molar-refractivity contribution in [1.29, 1.82) is 5.26 Å². The minimum absolute atomic E-state index is 0.102. The number of carbonyl (C=O) groups excluding carboxylic acids is 1. The fourth-order valence-corrected chi connectivity index (χ4v) is 2.50. The number of amides is 1. The van der Waals surface area contributed by atoms with Crippen LogP contribution in [0.25, 0.3) is 0 Å². The first kappa shape index (κ1) is 18.3. The fourth-order valence-electron chi connectivity index (χ4n) is 2.50. The monoisotopic (exact) mass is 337 g/mol. The Labute approximate surface area is 148 Å². The molecule has 0 saturated heterocycles. The van der Waals surface area contributed by atoms with Gasteiger partial charge < -0.3 is 15.0 Å². The van der Waals surface area contributed by atoms with E-state index in [-0.39, 0.29) is 12.5 Å². The third kappa shape index (κ3) is 5.54. The van der Waals surface area contributed by atoms with Gasteiger partial charge in [-0.25, -0.2) is 0 Å². The van der Waals surface area contributed by atoms with Gasteiger partial charge in [0.1, 0.15) is 11.8 Å². The molecule has 0 heterocycles. The lowest BCUT2D eigenvalue weighted by atomic mass is 10.2. The highest BCUT2D eigenvalue weighted by Crippen LogP contribution is 2.16. The van der Waals surface area contributed by atoms with E-state index in [1.807, 2.05) is 12.1 Å². The van der Waals surface area contributed by atoms with Gasteiger partial charge in [0.15, 0.2) is 6.61 Å². The summed E-state index contributed by atoms with van der Waals surface area (Å²) in [5.74, 6) is 0.225. The highest BCUT2D eigenvalue weighted by Gasteiger charge is 2.08. The fraction of sp³-hybridized carbons (Fsp3) is 0.300. The molecule has 0 saturated carbocycles. The molecule has 0 atom stereocenters. The first-order valence-corrected chi connectivity index (χ1v) is 8.34. The van der Waals surface area contributed by atoms with Gasteiger partial charge in [0, 0.05) is 25.3 Å². The molecule has 0 aromatic heterocycles. The molecular weight excluding hydrogens is 314 g/mol. The van der Waals surface area contributed by atoms with E-state index in [1.54, 1.807) is 24.3 Å². The van der Waals surface area contributed by atoms with Gasteiger partial charge >= 0.3 is 0 Å². The van der Waals surface area contributed by atoms with Crippen LogP contribution < -0.4 is 15.0 Å². The first-order valence-electron chi connectivity index (χ1n) is 8.34. The van der Waals surface area contributed by atoms with Crippen molar-refractivity contribution >= 4 is 11.6 Å². The van der Waals surface area contributed by atoms with Crippen molar-refractivity contribution in [2.45, 2.75) is 13.8 Å². The highest BCUT2D eigenvalue weighted by molar-refractivity contribution is 5.77. The molecule has 0 aliphatic carbocycles. The third-order valence-electron chi connectivity index (χ3n) is 3.82. The number of likely N-dealkylation sites (N-methyl/N-ethyl adjacent to an activating group) is 1. The van der Waals surface area contributed by atoms with Crippen LogP contribution in [0.3, 0.4) is 0 Å². The van der Waals surface area contributed by atoms with Crippen molar-refractivity contribution in [3.8, 4) is 11.8 Å². The number of hydrogen-bond acceptors (Lipinski definition) is 4. The third-order valence-corrected chi connectivity index (χ3v) is 3.82. The molecule has 5 heteroatoms. The second-order valence-corrected chi connectivity index (χ2v) is 5.67. The molecule has 0 bridgehead atoms. The van der Waals surface area contributed by atoms with E-state index in [2.05, 4.69) is 42.3 Å². The number of benzene rings is 2. The van der Waals surface area contributed by atoms with E-state index in [1.165, 1.54) is 5.56 Å². The molecule has 0 aliphatic rings. The summed E-state index contributed by atoms with van der Waals surface area (Å²) >= 11 is 0. The highest BCUT2D eigenvalue weighted by atomic mass is 16.5. The van der Waals surface area contributed by atoms with E-state index in [9.17, 15) is 4.79 Å². The number of nitrogens with one attached hydrogen (secondary N) is 1. The molecule has 0 unspecified atom stereocenters. The summed E-state index contributed by atoms with van der Waals surface area (Å²) in [6.45, 7) is 6.17.